The van der Waals surface area contributed by atoms with Crippen molar-refractivity contribution in [2.24, 2.45) is 0 Å². The molecule has 0 aliphatic rings. The summed E-state index contributed by atoms with van der Waals surface area (Å²) in [5.41, 5.74) is 2.19. The summed E-state index contributed by atoms with van der Waals surface area (Å²) in [7, 11) is 1.10. The average molecular weight is 333 g/mol. The number of carbonyl (C=O) groups is 1. The molecule has 1 N–H and O–H groups in total. The third-order valence-corrected chi connectivity index (χ3v) is 3.66. The van der Waals surface area contributed by atoms with E-state index in [1.807, 2.05) is 25.1 Å². The zero-order valence-corrected chi connectivity index (χ0v) is 13.9. The summed E-state index contributed by atoms with van der Waals surface area (Å²) in [6.07, 6.45) is -0.154. The molecule has 0 saturated heterocycles. The van der Waals surface area contributed by atoms with Crippen molar-refractivity contribution < 1.29 is 23.9 Å². The van der Waals surface area contributed by atoms with Crippen LogP contribution in [0.15, 0.2) is 36.4 Å². The highest BCUT2D eigenvalue weighted by molar-refractivity contribution is 5.86. The Labute approximate surface area is 140 Å². The van der Waals surface area contributed by atoms with E-state index >= 15 is 0 Å². The molecule has 0 atom stereocenters. The van der Waals surface area contributed by atoms with Crippen LogP contribution in [0.3, 0.4) is 0 Å². The first-order chi connectivity index (χ1) is 11.5. The fraction of sp³-hybridized carbons (Fsp3) is 0.278. The highest BCUT2D eigenvalue weighted by Gasteiger charge is 2.21. The van der Waals surface area contributed by atoms with Gasteiger partial charge in [-0.15, -0.1) is 0 Å². The Kier molecular flexibility index (Phi) is 5.76. The highest BCUT2D eigenvalue weighted by atomic mass is 19.1. The zero-order chi connectivity index (χ0) is 17.7. The maximum absolute atomic E-state index is 14.0. The Morgan fingerprint density at radius 2 is 2.04 bits per heavy atom. The molecule has 128 valence electrons. The number of nitrogens with zero attached hydrogens (tertiary/aromatic N) is 1. The Morgan fingerprint density at radius 3 is 2.67 bits per heavy atom. The molecule has 0 bridgehead atoms. The van der Waals surface area contributed by atoms with E-state index in [2.05, 4.69) is 11.7 Å². The average Bonchev–Trinajstić information content (AvgIpc) is 2.59. The number of aryl methyl sites for hydroxylation is 2. The third-order valence-electron chi connectivity index (χ3n) is 3.66. The minimum Gasteiger partial charge on any atom is -0.489 e. The fourth-order valence-electron chi connectivity index (χ4n) is 2.34. The van der Waals surface area contributed by atoms with Crippen LogP contribution in [-0.2, 0) is 17.8 Å². The van der Waals surface area contributed by atoms with Crippen LogP contribution in [0.4, 0.5) is 14.9 Å². The minimum atomic E-state index is -1.08. The van der Waals surface area contributed by atoms with Crippen LogP contribution in [0.2, 0.25) is 0 Å². The van der Waals surface area contributed by atoms with Crippen LogP contribution >= 0.6 is 0 Å². The van der Waals surface area contributed by atoms with E-state index in [0.29, 0.717) is 11.3 Å². The van der Waals surface area contributed by atoms with Gasteiger partial charge in [0.2, 0.25) is 0 Å². The van der Waals surface area contributed by atoms with Gasteiger partial charge in [0.15, 0.2) is 0 Å². The number of hydroxylamine groups is 1. The first-order valence-corrected chi connectivity index (χ1v) is 7.54. The minimum absolute atomic E-state index is 0.00649. The van der Waals surface area contributed by atoms with Crippen LogP contribution in [0.1, 0.15) is 23.6 Å². The lowest BCUT2D eigenvalue weighted by molar-refractivity contribution is 0.139. The lowest BCUT2D eigenvalue weighted by Gasteiger charge is -2.18. The van der Waals surface area contributed by atoms with Gasteiger partial charge in [-0.2, -0.15) is 5.06 Å². The molecule has 0 fully saturated rings. The Hall–Kier alpha value is -2.60. The molecule has 0 unspecified atom stereocenters. The molecular weight excluding hydrogens is 313 g/mol. The van der Waals surface area contributed by atoms with Crippen molar-refractivity contribution in [2.75, 3.05) is 12.2 Å². The standard InChI is InChI=1S/C18H20FNO4/c1-4-13-8-9-16(12(2)10-13)24-11-14-6-5-7-15(19)17(14)20(22)18(21)23-3/h5-10,22H,4,11H2,1-3H3. The van der Waals surface area contributed by atoms with E-state index < -0.39 is 11.9 Å². The normalized spacial score (nSPS) is 10.4. The highest BCUT2D eigenvalue weighted by Crippen LogP contribution is 2.27. The van der Waals surface area contributed by atoms with Gasteiger partial charge in [0.05, 0.1) is 7.11 Å². The first kappa shape index (κ1) is 17.7. The van der Waals surface area contributed by atoms with E-state index in [4.69, 9.17) is 4.74 Å². The monoisotopic (exact) mass is 333 g/mol. The van der Waals surface area contributed by atoms with E-state index in [-0.39, 0.29) is 17.4 Å². The van der Waals surface area contributed by atoms with Crippen molar-refractivity contribution in [1.82, 2.24) is 0 Å². The smallest absolute Gasteiger partial charge is 0.438 e. The first-order valence-electron chi connectivity index (χ1n) is 7.54. The maximum atomic E-state index is 14.0. The molecule has 0 heterocycles. The SMILES string of the molecule is CCc1ccc(OCc2cccc(F)c2N(O)C(=O)OC)c(C)c1. The van der Waals surface area contributed by atoms with Crippen molar-refractivity contribution in [3.05, 3.63) is 58.9 Å². The number of halogens is 1. The van der Waals surface area contributed by atoms with Gasteiger partial charge >= 0.3 is 6.09 Å². The lowest BCUT2D eigenvalue weighted by atomic mass is 10.1. The molecule has 0 saturated carbocycles. The van der Waals surface area contributed by atoms with Gasteiger partial charge in [-0.3, -0.25) is 5.21 Å². The van der Waals surface area contributed by atoms with Crippen LogP contribution in [0, 0.1) is 12.7 Å². The van der Waals surface area contributed by atoms with E-state index in [1.165, 1.54) is 11.6 Å². The summed E-state index contributed by atoms with van der Waals surface area (Å²) in [5.74, 6) is -0.0907. The van der Waals surface area contributed by atoms with Crippen LogP contribution in [0.25, 0.3) is 0 Å². The number of anilines is 1. The van der Waals surface area contributed by atoms with Crippen molar-refractivity contribution in [2.45, 2.75) is 26.9 Å². The molecule has 0 spiro atoms. The summed E-state index contributed by atoms with van der Waals surface area (Å²) in [5, 5.41) is 9.97. The summed E-state index contributed by atoms with van der Waals surface area (Å²) in [6.45, 7) is 3.98. The van der Waals surface area contributed by atoms with E-state index in [1.54, 1.807) is 6.07 Å². The molecule has 24 heavy (non-hydrogen) atoms. The predicted octanol–water partition coefficient (Wildman–Crippen LogP) is 4.24. The summed E-state index contributed by atoms with van der Waals surface area (Å²) in [6, 6.07) is 10.0. The number of hydrogen-bond acceptors (Lipinski definition) is 4. The van der Waals surface area contributed by atoms with Crippen molar-refractivity contribution in [3.63, 3.8) is 0 Å². The molecule has 0 aliphatic heterocycles. The van der Waals surface area contributed by atoms with Gasteiger partial charge in [-0.25, -0.2) is 9.18 Å². The predicted molar refractivity (Wildman–Crippen MR) is 88.0 cm³/mol. The molecule has 0 radical (unpaired) electrons. The number of amides is 1. The lowest BCUT2D eigenvalue weighted by Crippen LogP contribution is -2.28. The van der Waals surface area contributed by atoms with Gasteiger partial charge in [0.1, 0.15) is 23.9 Å². The quantitative estimate of drug-likeness (QED) is 0.657. The molecule has 0 aromatic heterocycles. The fourth-order valence-corrected chi connectivity index (χ4v) is 2.34. The summed E-state index contributed by atoms with van der Waals surface area (Å²) >= 11 is 0. The second-order valence-electron chi connectivity index (χ2n) is 5.27. The number of para-hydroxylation sites is 1. The van der Waals surface area contributed by atoms with Crippen LogP contribution in [0.5, 0.6) is 5.75 Å². The molecule has 2 rings (SSSR count). The Bertz CT molecular complexity index is 733. The van der Waals surface area contributed by atoms with Crippen LogP contribution in [-0.4, -0.2) is 18.4 Å². The Morgan fingerprint density at radius 1 is 1.29 bits per heavy atom. The van der Waals surface area contributed by atoms with Crippen molar-refractivity contribution >= 4 is 11.8 Å². The number of methoxy groups -OCH3 is 1. The zero-order valence-electron chi connectivity index (χ0n) is 13.9. The molecule has 0 aliphatic carbocycles. The van der Waals surface area contributed by atoms with Gasteiger partial charge in [0.25, 0.3) is 0 Å². The number of rotatable bonds is 5. The van der Waals surface area contributed by atoms with Gasteiger partial charge in [-0.05, 0) is 36.6 Å². The molecule has 2 aromatic rings. The molecule has 2 aromatic carbocycles. The van der Waals surface area contributed by atoms with Crippen molar-refractivity contribution in [1.29, 1.82) is 0 Å². The number of benzene rings is 2. The number of ether oxygens (including phenoxy) is 2. The second-order valence-corrected chi connectivity index (χ2v) is 5.27. The van der Waals surface area contributed by atoms with E-state index in [0.717, 1.165) is 25.2 Å². The summed E-state index contributed by atoms with van der Waals surface area (Å²) < 4.78 is 24.2. The molecule has 5 nitrogen and oxygen atoms in total. The second kappa shape index (κ2) is 7.79. The maximum Gasteiger partial charge on any atom is 0.438 e. The summed E-state index contributed by atoms with van der Waals surface area (Å²) in [4.78, 5) is 11.5. The molecule has 6 heteroatoms. The topological polar surface area (TPSA) is 59.0 Å². The Balaban J connectivity index is 2.24. The third kappa shape index (κ3) is 3.83. The van der Waals surface area contributed by atoms with Gasteiger partial charge in [0, 0.05) is 5.56 Å². The molecule has 1 amide bonds. The molecular formula is C18H20FNO4. The van der Waals surface area contributed by atoms with E-state index in [9.17, 15) is 14.4 Å². The van der Waals surface area contributed by atoms with Crippen molar-refractivity contribution in [3.8, 4) is 5.75 Å². The van der Waals surface area contributed by atoms with Crippen LogP contribution < -0.4 is 9.80 Å². The number of hydrogen-bond donors (Lipinski definition) is 1. The largest absolute Gasteiger partial charge is 0.489 e. The number of carbonyl (C=O) groups excluding carboxylic acids is 1. The van der Waals surface area contributed by atoms with Gasteiger partial charge in [-0.1, -0.05) is 31.2 Å². The van der Waals surface area contributed by atoms with Gasteiger partial charge < -0.3 is 9.47 Å².